The highest BCUT2D eigenvalue weighted by Gasteiger charge is 2.25. The Morgan fingerprint density at radius 1 is 1.67 bits per heavy atom. The molecule has 0 radical (unpaired) electrons. The van der Waals surface area contributed by atoms with Crippen molar-refractivity contribution >= 4 is 5.91 Å². The Hall–Kier alpha value is -1.33. The molecule has 2 unspecified atom stereocenters. The molecule has 2 heterocycles. The van der Waals surface area contributed by atoms with E-state index in [9.17, 15) is 9.90 Å². The number of piperidine rings is 1. The number of nitrogens with zero attached hydrogens (tertiary/aromatic N) is 1. The lowest BCUT2D eigenvalue weighted by atomic mass is 9.97. The van der Waals surface area contributed by atoms with Crippen LogP contribution in [0.4, 0.5) is 0 Å². The zero-order valence-electron chi connectivity index (χ0n) is 10.6. The van der Waals surface area contributed by atoms with Crippen LogP contribution in [0.3, 0.4) is 0 Å². The highest BCUT2D eigenvalue weighted by Crippen LogP contribution is 2.15. The summed E-state index contributed by atoms with van der Waals surface area (Å²) >= 11 is 0. The maximum atomic E-state index is 11.7. The number of aliphatic hydroxyl groups excluding tert-OH is 1. The lowest BCUT2D eigenvalue weighted by Crippen LogP contribution is -2.46. The third-order valence-electron chi connectivity index (χ3n) is 3.35. The molecule has 1 amide bonds. The summed E-state index contributed by atoms with van der Waals surface area (Å²) < 4.78 is 5.14. The lowest BCUT2D eigenvalue weighted by Gasteiger charge is -2.33. The summed E-state index contributed by atoms with van der Waals surface area (Å²) in [5.74, 6) is 0.984. The van der Waals surface area contributed by atoms with Crippen LogP contribution in [0.1, 0.15) is 19.1 Å². The molecule has 1 aliphatic rings. The van der Waals surface area contributed by atoms with Gasteiger partial charge in [-0.3, -0.25) is 9.69 Å². The molecule has 0 spiro atoms. The van der Waals surface area contributed by atoms with Gasteiger partial charge < -0.3 is 14.8 Å². The molecule has 2 atom stereocenters. The molecule has 0 aliphatic carbocycles. The van der Waals surface area contributed by atoms with Crippen LogP contribution >= 0.6 is 0 Å². The smallest absolute Gasteiger partial charge is 0.234 e. The quantitative estimate of drug-likeness (QED) is 0.823. The van der Waals surface area contributed by atoms with E-state index < -0.39 is 0 Å². The lowest BCUT2D eigenvalue weighted by molar-refractivity contribution is -0.123. The van der Waals surface area contributed by atoms with Crippen molar-refractivity contribution in [2.24, 2.45) is 5.92 Å². The van der Waals surface area contributed by atoms with E-state index in [-0.39, 0.29) is 17.9 Å². The Morgan fingerprint density at radius 3 is 3.17 bits per heavy atom. The van der Waals surface area contributed by atoms with Gasteiger partial charge in [0, 0.05) is 13.1 Å². The SMILES string of the molecule is CC1CN(CC(=O)NCc2ccco2)CCC1O. The predicted molar refractivity (Wildman–Crippen MR) is 66.8 cm³/mol. The molecular formula is C13H20N2O3. The summed E-state index contributed by atoms with van der Waals surface area (Å²) in [6.07, 6.45) is 2.11. The van der Waals surface area contributed by atoms with Crippen LogP contribution in [0.15, 0.2) is 22.8 Å². The fourth-order valence-electron chi connectivity index (χ4n) is 2.22. The Kier molecular flexibility index (Phi) is 4.38. The number of furan rings is 1. The number of hydrogen-bond acceptors (Lipinski definition) is 4. The largest absolute Gasteiger partial charge is 0.467 e. The van der Waals surface area contributed by atoms with Crippen LogP contribution < -0.4 is 5.32 Å². The summed E-state index contributed by atoms with van der Waals surface area (Å²) in [5, 5.41) is 12.4. The van der Waals surface area contributed by atoms with Crippen molar-refractivity contribution in [3.8, 4) is 0 Å². The van der Waals surface area contributed by atoms with Gasteiger partial charge >= 0.3 is 0 Å². The molecule has 0 bridgehead atoms. The molecule has 100 valence electrons. The zero-order chi connectivity index (χ0) is 13.0. The van der Waals surface area contributed by atoms with E-state index in [2.05, 4.69) is 10.2 Å². The van der Waals surface area contributed by atoms with Gasteiger partial charge in [0.05, 0.1) is 25.5 Å². The first kappa shape index (κ1) is 13.1. The molecule has 5 heteroatoms. The van der Waals surface area contributed by atoms with E-state index in [0.717, 1.165) is 25.3 Å². The molecule has 1 aromatic heterocycles. The number of nitrogens with one attached hydrogen (secondary N) is 1. The number of carbonyl (C=O) groups excluding carboxylic acids is 1. The van der Waals surface area contributed by atoms with Gasteiger partial charge in [0.1, 0.15) is 5.76 Å². The summed E-state index contributed by atoms with van der Waals surface area (Å²) in [7, 11) is 0. The van der Waals surface area contributed by atoms with Crippen molar-refractivity contribution in [2.45, 2.75) is 26.0 Å². The third kappa shape index (κ3) is 3.58. The van der Waals surface area contributed by atoms with Crippen LogP contribution in [0, 0.1) is 5.92 Å². The molecule has 0 saturated carbocycles. The monoisotopic (exact) mass is 252 g/mol. The molecule has 2 rings (SSSR count). The molecule has 2 N–H and O–H groups in total. The standard InChI is InChI=1S/C13H20N2O3/c1-10-8-15(5-4-12(10)16)9-13(17)14-7-11-3-2-6-18-11/h2-3,6,10,12,16H,4-5,7-9H2,1H3,(H,14,17). The normalized spacial score (nSPS) is 25.0. The minimum atomic E-state index is -0.229. The van der Waals surface area contributed by atoms with E-state index in [1.54, 1.807) is 12.3 Å². The second-order valence-corrected chi connectivity index (χ2v) is 4.92. The van der Waals surface area contributed by atoms with Gasteiger partial charge in [0.15, 0.2) is 0 Å². The van der Waals surface area contributed by atoms with E-state index >= 15 is 0 Å². The number of amides is 1. The van der Waals surface area contributed by atoms with Crippen LogP contribution in [-0.4, -0.2) is 41.7 Å². The number of aliphatic hydroxyl groups is 1. The van der Waals surface area contributed by atoms with E-state index in [4.69, 9.17) is 4.42 Å². The van der Waals surface area contributed by atoms with Crippen LogP contribution in [0.5, 0.6) is 0 Å². The van der Waals surface area contributed by atoms with E-state index in [0.29, 0.717) is 13.1 Å². The van der Waals surface area contributed by atoms with Crippen molar-refractivity contribution in [3.05, 3.63) is 24.2 Å². The van der Waals surface area contributed by atoms with E-state index in [1.165, 1.54) is 0 Å². The van der Waals surface area contributed by atoms with Gasteiger partial charge in [-0.05, 0) is 24.5 Å². The minimum absolute atomic E-state index is 0.00464. The summed E-state index contributed by atoms with van der Waals surface area (Å²) in [6.45, 7) is 4.38. The molecule has 0 aromatic carbocycles. The summed E-state index contributed by atoms with van der Waals surface area (Å²) in [5.41, 5.74) is 0. The number of carbonyl (C=O) groups is 1. The zero-order valence-corrected chi connectivity index (χ0v) is 10.6. The summed E-state index contributed by atoms with van der Waals surface area (Å²) in [4.78, 5) is 13.8. The Labute approximate surface area is 107 Å². The number of hydrogen-bond donors (Lipinski definition) is 2. The number of rotatable bonds is 4. The second kappa shape index (κ2) is 6.02. The first-order chi connectivity index (χ1) is 8.65. The average Bonchev–Trinajstić information content (AvgIpc) is 2.84. The third-order valence-corrected chi connectivity index (χ3v) is 3.35. The topological polar surface area (TPSA) is 65.7 Å². The Morgan fingerprint density at radius 2 is 2.50 bits per heavy atom. The van der Waals surface area contributed by atoms with Crippen LogP contribution in [0.25, 0.3) is 0 Å². The second-order valence-electron chi connectivity index (χ2n) is 4.92. The van der Waals surface area contributed by atoms with Crippen molar-refractivity contribution < 1.29 is 14.3 Å². The van der Waals surface area contributed by atoms with Gasteiger partial charge in [-0.15, -0.1) is 0 Å². The van der Waals surface area contributed by atoms with E-state index in [1.807, 2.05) is 13.0 Å². The first-order valence-corrected chi connectivity index (χ1v) is 6.34. The molecule has 1 fully saturated rings. The maximum absolute atomic E-state index is 11.7. The fraction of sp³-hybridized carbons (Fsp3) is 0.615. The molecule has 5 nitrogen and oxygen atoms in total. The van der Waals surface area contributed by atoms with Crippen LogP contribution in [0.2, 0.25) is 0 Å². The molecule has 18 heavy (non-hydrogen) atoms. The fourth-order valence-corrected chi connectivity index (χ4v) is 2.22. The maximum Gasteiger partial charge on any atom is 0.234 e. The van der Waals surface area contributed by atoms with Gasteiger partial charge in [0.25, 0.3) is 0 Å². The number of likely N-dealkylation sites (tertiary alicyclic amines) is 1. The molecule has 1 saturated heterocycles. The molecule has 1 aliphatic heterocycles. The first-order valence-electron chi connectivity index (χ1n) is 6.34. The predicted octanol–water partition coefficient (Wildman–Crippen LogP) is 0.598. The van der Waals surface area contributed by atoms with Gasteiger partial charge in [0.2, 0.25) is 5.91 Å². The Bertz CT molecular complexity index is 378. The van der Waals surface area contributed by atoms with Crippen LogP contribution in [-0.2, 0) is 11.3 Å². The van der Waals surface area contributed by atoms with Gasteiger partial charge in [-0.25, -0.2) is 0 Å². The van der Waals surface area contributed by atoms with Crippen molar-refractivity contribution in [1.82, 2.24) is 10.2 Å². The van der Waals surface area contributed by atoms with Crippen molar-refractivity contribution in [2.75, 3.05) is 19.6 Å². The van der Waals surface area contributed by atoms with Crippen molar-refractivity contribution in [1.29, 1.82) is 0 Å². The minimum Gasteiger partial charge on any atom is -0.467 e. The van der Waals surface area contributed by atoms with Crippen molar-refractivity contribution in [3.63, 3.8) is 0 Å². The highest BCUT2D eigenvalue weighted by atomic mass is 16.3. The van der Waals surface area contributed by atoms with Gasteiger partial charge in [-0.1, -0.05) is 6.92 Å². The average molecular weight is 252 g/mol. The molecular weight excluding hydrogens is 232 g/mol. The Balaban J connectivity index is 1.71. The molecule has 1 aromatic rings. The highest BCUT2D eigenvalue weighted by molar-refractivity contribution is 5.77. The summed E-state index contributed by atoms with van der Waals surface area (Å²) in [6, 6.07) is 3.63. The van der Waals surface area contributed by atoms with Gasteiger partial charge in [-0.2, -0.15) is 0 Å².